The minimum absolute atomic E-state index is 0.00906. The van der Waals surface area contributed by atoms with Crippen LogP contribution in [0.25, 0.3) is 0 Å². The Balaban J connectivity index is 2.07. The number of aliphatic hydroxyl groups excluding tert-OH is 2. The zero-order valence-electron chi connectivity index (χ0n) is 31.4. The first-order valence-electron chi connectivity index (χ1n) is 18.3. The van der Waals surface area contributed by atoms with Gasteiger partial charge in [0.05, 0.1) is 18.1 Å². The maximum atomic E-state index is 14.2. The highest BCUT2D eigenvalue weighted by atomic mass is 16.5. The van der Waals surface area contributed by atoms with Crippen LogP contribution in [-0.2, 0) is 35.1 Å². The molecule has 1 aromatic rings. The molecule has 1 saturated heterocycles. The number of benzene rings is 1. The molecular weight excluding hydrogens is 680 g/mol. The average Bonchev–Trinajstić information content (AvgIpc) is 3.11. The monoisotopic (exact) mass is 736 g/mol. The summed E-state index contributed by atoms with van der Waals surface area (Å²) in [6.45, 7) is 12.2. The van der Waals surface area contributed by atoms with Crippen LogP contribution in [0.4, 0.5) is 0 Å². The number of esters is 1. The number of carbonyl (C=O) groups excluding carboxylic acids is 5. The standard InChI is InChI=1S/C40H56N4O9/c1-7-13-25(4)34-18-10-8-9-17-33(47)27(6)36(48)30(20-19-26(5)45)37(49)42-35(24(2)3)38(50)41-32(23-28-14-11-15-29(46)22-28)39(51)44-21-12-16-31(43-44)40(52)53-34/h7-11,13-15,17,22,24,27,30-36,43,46-48H,1,12,16,18-21,23H2,2-6H3,(H,41,50)(H,42,49)/b10-8+,17-9+,25-13+/t27-,30+,31-,32-,33?,34?,35-,36+/m0/s1. The number of phenols is 1. The highest BCUT2D eigenvalue weighted by Crippen LogP contribution is 2.24. The summed E-state index contributed by atoms with van der Waals surface area (Å²) < 4.78 is 5.93. The van der Waals surface area contributed by atoms with E-state index in [1.807, 2.05) is 6.92 Å². The SMILES string of the molecule is C=C/C=C(\C)C1C/C=C/C=C/C(O)[C@H](C)[C@@H](O)[C@@H](CCC(C)=O)C(=O)N[C@@H](C(C)C)C(=O)N[C@@H](Cc2cccc(O)c2)C(=O)N2CCC[C@H](N2)C(=O)O1. The van der Waals surface area contributed by atoms with Crippen molar-refractivity contribution in [2.24, 2.45) is 17.8 Å². The first kappa shape index (κ1) is 42.8. The van der Waals surface area contributed by atoms with Gasteiger partial charge in [-0.3, -0.25) is 24.2 Å². The molecule has 3 rings (SSSR count). The lowest BCUT2D eigenvalue weighted by Gasteiger charge is -2.36. The molecule has 2 aliphatic rings. The van der Waals surface area contributed by atoms with Crippen molar-refractivity contribution in [2.45, 2.75) is 110 Å². The second-order valence-electron chi connectivity index (χ2n) is 14.3. The van der Waals surface area contributed by atoms with E-state index in [1.165, 1.54) is 30.1 Å². The number of hydrogen-bond donors (Lipinski definition) is 6. The molecule has 1 aromatic carbocycles. The summed E-state index contributed by atoms with van der Waals surface area (Å²) in [6.07, 6.45) is 7.71. The third-order valence-electron chi connectivity index (χ3n) is 9.64. The number of aromatic hydroxyl groups is 1. The second-order valence-corrected chi connectivity index (χ2v) is 14.3. The molecule has 13 nitrogen and oxygen atoms in total. The molecule has 0 aliphatic carbocycles. The largest absolute Gasteiger partial charge is 0.508 e. The predicted molar refractivity (Wildman–Crippen MR) is 200 cm³/mol. The van der Waals surface area contributed by atoms with Crippen molar-refractivity contribution in [2.75, 3.05) is 6.54 Å². The molecule has 2 heterocycles. The molecule has 53 heavy (non-hydrogen) atoms. The van der Waals surface area contributed by atoms with Crippen molar-refractivity contribution in [3.8, 4) is 5.75 Å². The number of hydrazine groups is 1. The number of amides is 3. The molecule has 0 saturated carbocycles. The molecule has 3 amide bonds. The number of nitrogens with zero attached hydrogens (tertiary/aromatic N) is 1. The van der Waals surface area contributed by atoms with Crippen LogP contribution in [0.15, 0.2) is 72.9 Å². The number of Topliss-reactive ketones (excluding diaryl/α,β-unsaturated/α-hetero) is 1. The fraction of sp³-hybridized carbons (Fsp3) is 0.525. The van der Waals surface area contributed by atoms with Gasteiger partial charge in [0, 0.05) is 31.7 Å². The molecule has 0 aromatic heterocycles. The maximum Gasteiger partial charge on any atom is 0.325 e. The van der Waals surface area contributed by atoms with Crippen molar-refractivity contribution in [1.29, 1.82) is 0 Å². The molecule has 2 bridgehead atoms. The van der Waals surface area contributed by atoms with Gasteiger partial charge in [0.2, 0.25) is 11.8 Å². The Kier molecular flexibility index (Phi) is 16.6. The van der Waals surface area contributed by atoms with Crippen LogP contribution in [0.5, 0.6) is 5.75 Å². The van der Waals surface area contributed by atoms with E-state index in [0.717, 1.165) is 5.57 Å². The maximum absolute atomic E-state index is 14.2. The van der Waals surface area contributed by atoms with Gasteiger partial charge in [-0.05, 0) is 62.3 Å². The molecule has 0 spiro atoms. The average molecular weight is 737 g/mol. The van der Waals surface area contributed by atoms with Gasteiger partial charge in [-0.1, -0.05) is 75.9 Å². The number of hydrogen-bond acceptors (Lipinski definition) is 10. The van der Waals surface area contributed by atoms with E-state index in [4.69, 9.17) is 4.74 Å². The lowest BCUT2D eigenvalue weighted by Crippen LogP contribution is -2.62. The Hall–Kier alpha value is -4.59. The molecule has 2 aliphatic heterocycles. The molecule has 1 fully saturated rings. The smallest absolute Gasteiger partial charge is 0.325 e. The zero-order valence-corrected chi connectivity index (χ0v) is 31.4. The Bertz CT molecular complexity index is 1550. The number of cyclic esters (lactones) is 1. The zero-order chi connectivity index (χ0) is 39.2. The number of phenolic OH excluding ortho intramolecular Hbond substituents is 1. The predicted octanol–water partition coefficient (Wildman–Crippen LogP) is 2.96. The van der Waals surface area contributed by atoms with E-state index in [2.05, 4.69) is 22.6 Å². The molecule has 6 N–H and O–H groups in total. The number of ether oxygens (including phenoxy) is 1. The number of aliphatic hydroxyl groups is 2. The fourth-order valence-corrected chi connectivity index (χ4v) is 6.34. The van der Waals surface area contributed by atoms with E-state index in [0.29, 0.717) is 18.4 Å². The van der Waals surface area contributed by atoms with E-state index < -0.39 is 77.9 Å². The Morgan fingerprint density at radius 3 is 2.49 bits per heavy atom. The van der Waals surface area contributed by atoms with Crippen LogP contribution in [0.3, 0.4) is 0 Å². The first-order valence-corrected chi connectivity index (χ1v) is 18.3. The van der Waals surface area contributed by atoms with Gasteiger partial charge in [-0.25, -0.2) is 5.43 Å². The third-order valence-corrected chi connectivity index (χ3v) is 9.64. The van der Waals surface area contributed by atoms with E-state index >= 15 is 0 Å². The van der Waals surface area contributed by atoms with Crippen molar-refractivity contribution >= 4 is 29.5 Å². The van der Waals surface area contributed by atoms with Gasteiger partial charge in [0.25, 0.3) is 5.91 Å². The summed E-state index contributed by atoms with van der Waals surface area (Å²) >= 11 is 0. The molecule has 290 valence electrons. The Labute approximate surface area is 312 Å². The van der Waals surface area contributed by atoms with E-state index in [-0.39, 0.29) is 43.8 Å². The minimum atomic E-state index is -1.39. The van der Waals surface area contributed by atoms with Gasteiger partial charge < -0.3 is 35.5 Å². The third kappa shape index (κ3) is 12.8. The highest BCUT2D eigenvalue weighted by molar-refractivity contribution is 5.93. The topological polar surface area (TPSA) is 195 Å². The van der Waals surface area contributed by atoms with Gasteiger partial charge in [-0.15, -0.1) is 0 Å². The molecule has 13 heteroatoms. The summed E-state index contributed by atoms with van der Waals surface area (Å²) in [7, 11) is 0. The normalized spacial score (nSPS) is 29.9. The molecule has 8 atom stereocenters. The first-order chi connectivity index (χ1) is 25.1. The summed E-state index contributed by atoms with van der Waals surface area (Å²) in [4.78, 5) is 67.5. The number of allylic oxidation sites excluding steroid dienone is 4. The van der Waals surface area contributed by atoms with Gasteiger partial charge in [0.1, 0.15) is 35.8 Å². The van der Waals surface area contributed by atoms with Crippen molar-refractivity contribution in [3.63, 3.8) is 0 Å². The molecule has 2 unspecified atom stereocenters. The second kappa shape index (κ2) is 20.6. The lowest BCUT2D eigenvalue weighted by molar-refractivity contribution is -0.156. The molecule has 0 radical (unpaired) electrons. The molecular formula is C40H56N4O9. The van der Waals surface area contributed by atoms with Crippen LogP contribution >= 0.6 is 0 Å². The van der Waals surface area contributed by atoms with E-state index in [9.17, 15) is 39.3 Å². The summed E-state index contributed by atoms with van der Waals surface area (Å²) in [5.41, 5.74) is 4.28. The number of carbonyl (C=O) groups is 5. The van der Waals surface area contributed by atoms with Crippen LogP contribution in [0.2, 0.25) is 0 Å². The fourth-order valence-electron chi connectivity index (χ4n) is 6.34. The van der Waals surface area contributed by atoms with Crippen LogP contribution < -0.4 is 16.1 Å². The van der Waals surface area contributed by atoms with Crippen molar-refractivity contribution in [1.82, 2.24) is 21.1 Å². The summed E-state index contributed by atoms with van der Waals surface area (Å²) in [6, 6.07) is 3.08. The van der Waals surface area contributed by atoms with Crippen molar-refractivity contribution < 1.29 is 44.0 Å². The minimum Gasteiger partial charge on any atom is -0.508 e. The van der Waals surface area contributed by atoms with Crippen molar-refractivity contribution in [3.05, 3.63) is 78.4 Å². The highest BCUT2D eigenvalue weighted by Gasteiger charge is 2.38. The van der Waals surface area contributed by atoms with Gasteiger partial charge in [0.15, 0.2) is 0 Å². The van der Waals surface area contributed by atoms with Crippen LogP contribution in [0.1, 0.15) is 72.3 Å². The number of rotatable bonds is 8. The number of fused-ring (bicyclic) bond motifs is 2. The Morgan fingerprint density at radius 2 is 1.83 bits per heavy atom. The van der Waals surface area contributed by atoms with Crippen LogP contribution in [-0.4, -0.2) is 92.8 Å². The summed E-state index contributed by atoms with van der Waals surface area (Å²) in [5, 5.41) is 39.3. The number of nitrogens with one attached hydrogen (secondary N) is 3. The number of ketones is 1. The van der Waals surface area contributed by atoms with Crippen LogP contribution in [0, 0.1) is 17.8 Å². The van der Waals surface area contributed by atoms with E-state index in [1.54, 1.807) is 63.3 Å². The Morgan fingerprint density at radius 1 is 1.09 bits per heavy atom. The van der Waals surface area contributed by atoms with Gasteiger partial charge >= 0.3 is 5.97 Å². The quantitative estimate of drug-likeness (QED) is 0.171. The summed E-state index contributed by atoms with van der Waals surface area (Å²) in [5.74, 6) is -5.13. The van der Waals surface area contributed by atoms with Gasteiger partial charge in [-0.2, -0.15) is 0 Å². The lowest BCUT2D eigenvalue weighted by atomic mass is 9.84.